The Morgan fingerprint density at radius 2 is 2.22 bits per heavy atom. The van der Waals surface area contributed by atoms with Crippen LogP contribution in [0, 0.1) is 5.92 Å². The lowest BCUT2D eigenvalue weighted by atomic mass is 9.78. The minimum atomic E-state index is 0.861. The first-order chi connectivity index (χ1) is 4.47. The van der Waals surface area contributed by atoms with Gasteiger partial charge in [-0.2, -0.15) is 0 Å². The molecule has 0 radical (unpaired) electrons. The molecule has 2 rings (SSSR count). The molecule has 0 amide bonds. The van der Waals surface area contributed by atoms with Crippen LogP contribution >= 0.6 is 0 Å². The lowest BCUT2D eigenvalue weighted by molar-refractivity contribution is 0.223. The second-order valence-electron chi connectivity index (χ2n) is 3.06. The summed E-state index contributed by atoms with van der Waals surface area (Å²) < 4.78 is 0. The smallest absolute Gasteiger partial charge is 0.0137 e. The first-order valence-corrected chi connectivity index (χ1v) is 3.85. The molecule has 1 fully saturated rings. The van der Waals surface area contributed by atoms with Crippen molar-refractivity contribution in [3.63, 3.8) is 0 Å². The predicted molar refractivity (Wildman–Crippen MR) is 38.3 cm³/mol. The Morgan fingerprint density at radius 1 is 1.22 bits per heavy atom. The van der Waals surface area contributed by atoms with E-state index in [0.717, 1.165) is 18.5 Å². The van der Waals surface area contributed by atoms with Crippen LogP contribution in [0.3, 0.4) is 0 Å². The highest BCUT2D eigenvalue weighted by Gasteiger charge is 2.29. The Hall–Kier alpha value is -0.300. The van der Waals surface area contributed by atoms with Crippen molar-refractivity contribution in [1.29, 1.82) is 0 Å². The van der Waals surface area contributed by atoms with E-state index >= 15 is 0 Å². The van der Waals surface area contributed by atoms with E-state index in [-0.39, 0.29) is 0 Å². The lowest BCUT2D eigenvalue weighted by Crippen LogP contribution is -2.42. The fourth-order valence-electron chi connectivity index (χ4n) is 1.69. The van der Waals surface area contributed by atoms with Crippen LogP contribution in [0.25, 0.3) is 0 Å². The molecule has 0 spiro atoms. The van der Waals surface area contributed by atoms with Crippen LogP contribution in [-0.2, 0) is 0 Å². The number of rotatable bonds is 0. The van der Waals surface area contributed by atoms with E-state index in [9.17, 15) is 0 Å². The second-order valence-corrected chi connectivity index (χ2v) is 3.06. The third kappa shape index (κ3) is 0.897. The summed E-state index contributed by atoms with van der Waals surface area (Å²) in [6.07, 6.45) is 8.74. The van der Waals surface area contributed by atoms with E-state index in [0.29, 0.717) is 0 Å². The zero-order valence-electron chi connectivity index (χ0n) is 5.64. The Labute approximate surface area is 56.1 Å². The van der Waals surface area contributed by atoms with Crippen molar-refractivity contribution in [3.05, 3.63) is 12.2 Å². The van der Waals surface area contributed by atoms with Gasteiger partial charge in [-0.3, -0.25) is 0 Å². The average molecular weight is 123 g/mol. The highest BCUT2D eigenvalue weighted by Crippen LogP contribution is 2.31. The van der Waals surface area contributed by atoms with Crippen molar-refractivity contribution in [2.45, 2.75) is 25.3 Å². The van der Waals surface area contributed by atoms with Crippen LogP contribution in [0.2, 0.25) is 0 Å². The standard InChI is InChI=1S/C8H13N/c1-2-6-9-8-5-4-7(8)3-1/h1-2,7-9H,3-6H2. The molecule has 2 atom stereocenters. The number of nitrogens with one attached hydrogen (secondary N) is 1. The number of fused-ring (bicyclic) bond motifs is 1. The van der Waals surface area contributed by atoms with Crippen molar-refractivity contribution in [2.24, 2.45) is 5.92 Å². The van der Waals surface area contributed by atoms with Crippen molar-refractivity contribution in [3.8, 4) is 0 Å². The Kier molecular flexibility index (Phi) is 1.31. The van der Waals surface area contributed by atoms with Crippen molar-refractivity contribution in [1.82, 2.24) is 5.32 Å². The summed E-state index contributed by atoms with van der Waals surface area (Å²) in [5.74, 6) is 0.976. The van der Waals surface area contributed by atoms with Crippen LogP contribution in [0.15, 0.2) is 12.2 Å². The summed E-state index contributed by atoms with van der Waals surface area (Å²) in [5.41, 5.74) is 0. The van der Waals surface area contributed by atoms with Gasteiger partial charge in [0.05, 0.1) is 0 Å². The summed E-state index contributed by atoms with van der Waals surface area (Å²) in [6, 6.07) is 0.861. The molecule has 1 heterocycles. The Morgan fingerprint density at radius 3 is 3.00 bits per heavy atom. The number of allylic oxidation sites excluding steroid dienone is 1. The summed E-state index contributed by atoms with van der Waals surface area (Å²) in [7, 11) is 0. The van der Waals surface area contributed by atoms with Crippen LogP contribution in [0.1, 0.15) is 19.3 Å². The van der Waals surface area contributed by atoms with Gasteiger partial charge in [-0.05, 0) is 25.2 Å². The molecule has 0 bridgehead atoms. The van der Waals surface area contributed by atoms with Crippen LogP contribution in [-0.4, -0.2) is 12.6 Å². The molecule has 2 aliphatic rings. The minimum Gasteiger partial charge on any atom is -0.310 e. The van der Waals surface area contributed by atoms with Crippen molar-refractivity contribution < 1.29 is 0 Å². The third-order valence-corrected chi connectivity index (χ3v) is 2.52. The van der Waals surface area contributed by atoms with E-state index in [1.807, 2.05) is 0 Å². The molecule has 1 N–H and O–H groups in total. The summed E-state index contributed by atoms with van der Waals surface area (Å²) in [4.78, 5) is 0. The first-order valence-electron chi connectivity index (χ1n) is 3.85. The summed E-state index contributed by atoms with van der Waals surface area (Å²) in [5, 5.41) is 3.49. The molecule has 1 saturated carbocycles. The predicted octanol–water partition coefficient (Wildman–Crippen LogP) is 1.31. The fraction of sp³-hybridized carbons (Fsp3) is 0.750. The third-order valence-electron chi connectivity index (χ3n) is 2.52. The highest BCUT2D eigenvalue weighted by atomic mass is 14.9. The molecular weight excluding hydrogens is 110 g/mol. The van der Waals surface area contributed by atoms with E-state index in [2.05, 4.69) is 17.5 Å². The number of hydrogen-bond donors (Lipinski definition) is 1. The second kappa shape index (κ2) is 2.14. The molecule has 9 heavy (non-hydrogen) atoms. The van der Waals surface area contributed by atoms with E-state index in [1.54, 1.807) is 0 Å². The molecular formula is C8H13N. The van der Waals surface area contributed by atoms with Gasteiger partial charge in [0, 0.05) is 12.6 Å². The van der Waals surface area contributed by atoms with Gasteiger partial charge in [-0.25, -0.2) is 0 Å². The zero-order chi connectivity index (χ0) is 6.10. The normalized spacial score (nSPS) is 40.9. The van der Waals surface area contributed by atoms with Crippen molar-refractivity contribution in [2.75, 3.05) is 6.54 Å². The monoisotopic (exact) mass is 123 g/mol. The van der Waals surface area contributed by atoms with E-state index in [4.69, 9.17) is 0 Å². The molecule has 0 aromatic rings. The van der Waals surface area contributed by atoms with E-state index in [1.165, 1.54) is 19.3 Å². The molecule has 1 heteroatoms. The fourth-order valence-corrected chi connectivity index (χ4v) is 1.69. The van der Waals surface area contributed by atoms with Crippen LogP contribution in [0.5, 0.6) is 0 Å². The molecule has 50 valence electrons. The maximum atomic E-state index is 3.49. The Balaban J connectivity index is 1.98. The van der Waals surface area contributed by atoms with Gasteiger partial charge in [0.25, 0.3) is 0 Å². The quantitative estimate of drug-likeness (QED) is 0.479. The molecule has 1 nitrogen and oxygen atoms in total. The summed E-state index contributed by atoms with van der Waals surface area (Å²) >= 11 is 0. The Bertz CT molecular complexity index is 129. The van der Waals surface area contributed by atoms with Crippen LogP contribution in [0.4, 0.5) is 0 Å². The number of hydrogen-bond acceptors (Lipinski definition) is 1. The largest absolute Gasteiger partial charge is 0.310 e. The first kappa shape index (κ1) is 5.48. The summed E-state index contributed by atoms with van der Waals surface area (Å²) in [6.45, 7) is 1.10. The van der Waals surface area contributed by atoms with Gasteiger partial charge >= 0.3 is 0 Å². The van der Waals surface area contributed by atoms with Crippen LogP contribution < -0.4 is 5.32 Å². The molecule has 1 aliphatic heterocycles. The van der Waals surface area contributed by atoms with Gasteiger partial charge in [-0.1, -0.05) is 12.2 Å². The van der Waals surface area contributed by atoms with Gasteiger partial charge < -0.3 is 5.32 Å². The van der Waals surface area contributed by atoms with Crippen molar-refractivity contribution >= 4 is 0 Å². The lowest BCUT2D eigenvalue weighted by Gasteiger charge is -2.35. The van der Waals surface area contributed by atoms with Gasteiger partial charge in [0.2, 0.25) is 0 Å². The highest BCUT2D eigenvalue weighted by molar-refractivity contribution is 4.98. The molecule has 0 aromatic heterocycles. The minimum absolute atomic E-state index is 0.861. The van der Waals surface area contributed by atoms with Gasteiger partial charge in [0.15, 0.2) is 0 Å². The van der Waals surface area contributed by atoms with Gasteiger partial charge in [-0.15, -0.1) is 0 Å². The van der Waals surface area contributed by atoms with E-state index < -0.39 is 0 Å². The maximum Gasteiger partial charge on any atom is 0.0137 e. The molecule has 0 saturated heterocycles. The molecule has 2 unspecified atom stereocenters. The van der Waals surface area contributed by atoms with Gasteiger partial charge in [0.1, 0.15) is 0 Å². The zero-order valence-corrected chi connectivity index (χ0v) is 5.64. The maximum absolute atomic E-state index is 3.49. The topological polar surface area (TPSA) is 12.0 Å². The molecule has 1 aliphatic carbocycles. The SMILES string of the molecule is C1=CCC2CCC2NC1. The average Bonchev–Trinajstić information content (AvgIpc) is 1.94. The molecule has 0 aromatic carbocycles.